The Morgan fingerprint density at radius 2 is 1.78 bits per heavy atom. The van der Waals surface area contributed by atoms with Crippen LogP contribution in [-0.4, -0.2) is 37.0 Å². The third kappa shape index (κ3) is 8.82. The lowest BCUT2D eigenvalue weighted by atomic mass is 10.2. The molecule has 0 aliphatic rings. The normalized spacial score (nSPS) is 10.3. The zero-order valence-corrected chi connectivity index (χ0v) is 15.5. The summed E-state index contributed by atoms with van der Waals surface area (Å²) in [5.41, 5.74) is 0.759. The van der Waals surface area contributed by atoms with Crippen molar-refractivity contribution < 1.29 is 9.53 Å². The fourth-order valence-electron chi connectivity index (χ4n) is 2.25. The number of amides is 1. The largest absolute Gasteiger partial charge is 0.491 e. The molecule has 5 heteroatoms. The van der Waals surface area contributed by atoms with Crippen LogP contribution in [0.25, 0.3) is 0 Å². The lowest BCUT2D eigenvalue weighted by molar-refractivity contribution is -0.117. The minimum atomic E-state index is 0. The first-order valence-electron chi connectivity index (χ1n) is 8.45. The van der Waals surface area contributed by atoms with Crippen LogP contribution in [0.1, 0.15) is 46.5 Å². The molecule has 0 aliphatic carbocycles. The lowest BCUT2D eigenvalue weighted by Crippen LogP contribution is -2.33. The molecule has 23 heavy (non-hydrogen) atoms. The van der Waals surface area contributed by atoms with E-state index in [2.05, 4.69) is 31.0 Å². The van der Waals surface area contributed by atoms with Gasteiger partial charge in [0.05, 0.1) is 18.8 Å². The van der Waals surface area contributed by atoms with Gasteiger partial charge in [-0.1, -0.05) is 52.2 Å². The van der Waals surface area contributed by atoms with Gasteiger partial charge in [0, 0.05) is 0 Å². The van der Waals surface area contributed by atoms with E-state index < -0.39 is 0 Å². The number of benzene rings is 1. The molecule has 0 saturated heterocycles. The zero-order chi connectivity index (χ0) is 16.2. The van der Waals surface area contributed by atoms with Gasteiger partial charge < -0.3 is 10.1 Å². The van der Waals surface area contributed by atoms with E-state index in [4.69, 9.17) is 4.74 Å². The molecule has 1 aromatic rings. The van der Waals surface area contributed by atoms with E-state index in [1.807, 2.05) is 24.3 Å². The van der Waals surface area contributed by atoms with Gasteiger partial charge in [-0.3, -0.25) is 9.69 Å². The average Bonchev–Trinajstić information content (AvgIpc) is 2.54. The Kier molecular flexibility index (Phi) is 12.5. The monoisotopic (exact) mass is 342 g/mol. The fourth-order valence-corrected chi connectivity index (χ4v) is 2.25. The van der Waals surface area contributed by atoms with Crippen molar-refractivity contribution in [2.45, 2.75) is 46.5 Å². The van der Waals surface area contributed by atoms with Crippen LogP contribution in [0.3, 0.4) is 0 Å². The molecule has 1 N–H and O–H groups in total. The van der Waals surface area contributed by atoms with E-state index in [-0.39, 0.29) is 18.3 Å². The van der Waals surface area contributed by atoms with Crippen LogP contribution >= 0.6 is 12.4 Å². The van der Waals surface area contributed by atoms with Crippen LogP contribution in [-0.2, 0) is 4.79 Å². The van der Waals surface area contributed by atoms with E-state index >= 15 is 0 Å². The van der Waals surface area contributed by atoms with Crippen molar-refractivity contribution in [3.05, 3.63) is 24.3 Å². The number of unbranched alkanes of at least 4 members (excludes halogenated alkanes) is 3. The van der Waals surface area contributed by atoms with E-state index in [1.165, 1.54) is 19.3 Å². The average molecular weight is 343 g/mol. The maximum absolute atomic E-state index is 12.1. The summed E-state index contributed by atoms with van der Waals surface area (Å²) in [5, 5.41) is 2.96. The minimum Gasteiger partial charge on any atom is -0.491 e. The van der Waals surface area contributed by atoms with Crippen molar-refractivity contribution in [1.29, 1.82) is 0 Å². The first-order valence-corrected chi connectivity index (χ1v) is 8.45. The van der Waals surface area contributed by atoms with Gasteiger partial charge in [-0.25, -0.2) is 0 Å². The smallest absolute Gasteiger partial charge is 0.238 e. The van der Waals surface area contributed by atoms with Gasteiger partial charge in [-0.2, -0.15) is 0 Å². The highest BCUT2D eigenvalue weighted by Crippen LogP contribution is 2.24. The van der Waals surface area contributed by atoms with E-state index in [0.29, 0.717) is 13.2 Å². The topological polar surface area (TPSA) is 41.6 Å². The number of hydrogen-bond donors (Lipinski definition) is 1. The van der Waals surface area contributed by atoms with Gasteiger partial charge in [0.15, 0.2) is 0 Å². The number of anilines is 1. The molecule has 132 valence electrons. The first kappa shape index (κ1) is 21.7. The molecule has 0 aromatic heterocycles. The molecule has 1 aromatic carbocycles. The number of hydrogen-bond acceptors (Lipinski definition) is 3. The summed E-state index contributed by atoms with van der Waals surface area (Å²) >= 11 is 0. The Morgan fingerprint density at radius 1 is 1.09 bits per heavy atom. The van der Waals surface area contributed by atoms with Crippen LogP contribution in [0.5, 0.6) is 5.75 Å². The molecule has 0 saturated carbocycles. The molecule has 1 amide bonds. The number of ether oxygens (including phenoxy) is 1. The summed E-state index contributed by atoms with van der Waals surface area (Å²) in [7, 11) is 0. The Hall–Kier alpha value is -1.26. The summed E-state index contributed by atoms with van der Waals surface area (Å²) in [6, 6.07) is 7.65. The van der Waals surface area contributed by atoms with Crippen LogP contribution in [0.2, 0.25) is 0 Å². The maximum Gasteiger partial charge on any atom is 0.238 e. The second-order valence-electron chi connectivity index (χ2n) is 5.41. The Balaban J connectivity index is 0.00000484. The third-order valence-electron chi connectivity index (χ3n) is 3.68. The first-order chi connectivity index (χ1) is 10.7. The second-order valence-corrected chi connectivity index (χ2v) is 5.41. The standard InChI is InChI=1S/C18H30N2O2.ClH/c1-4-7-8-11-14-22-17-13-10-9-12-16(17)19-18(21)15-20(5-2)6-3;/h9-10,12-13H,4-8,11,14-15H2,1-3H3,(H,19,21);1H. The van der Waals surface area contributed by atoms with Crippen molar-refractivity contribution in [3.8, 4) is 5.75 Å². The SMILES string of the molecule is CCCCCCOc1ccccc1NC(=O)CN(CC)CC.Cl. The molecular weight excluding hydrogens is 312 g/mol. The Bertz CT molecular complexity index is 437. The van der Waals surface area contributed by atoms with Crippen LogP contribution in [0, 0.1) is 0 Å². The third-order valence-corrected chi connectivity index (χ3v) is 3.68. The van der Waals surface area contributed by atoms with Crippen molar-refractivity contribution in [1.82, 2.24) is 4.90 Å². The molecule has 0 spiro atoms. The number of para-hydroxylation sites is 2. The number of halogens is 1. The van der Waals surface area contributed by atoms with Crippen molar-refractivity contribution in [2.24, 2.45) is 0 Å². The lowest BCUT2D eigenvalue weighted by Gasteiger charge is -2.18. The van der Waals surface area contributed by atoms with Crippen LogP contribution in [0.4, 0.5) is 5.69 Å². The van der Waals surface area contributed by atoms with E-state index in [9.17, 15) is 4.79 Å². The summed E-state index contributed by atoms with van der Waals surface area (Å²) in [5.74, 6) is 0.762. The van der Waals surface area contributed by atoms with Gasteiger partial charge in [0.2, 0.25) is 5.91 Å². The van der Waals surface area contributed by atoms with Crippen LogP contribution < -0.4 is 10.1 Å². The highest BCUT2D eigenvalue weighted by Gasteiger charge is 2.10. The van der Waals surface area contributed by atoms with Crippen molar-refractivity contribution >= 4 is 24.0 Å². The zero-order valence-electron chi connectivity index (χ0n) is 14.6. The molecule has 0 radical (unpaired) electrons. The number of rotatable bonds is 11. The van der Waals surface area contributed by atoms with E-state index in [0.717, 1.165) is 30.9 Å². The number of nitrogens with zero attached hydrogens (tertiary/aromatic N) is 1. The molecule has 0 aliphatic heterocycles. The summed E-state index contributed by atoms with van der Waals surface area (Å²) in [6.07, 6.45) is 4.70. The molecule has 0 fully saturated rings. The number of carbonyl (C=O) groups excluding carboxylic acids is 1. The number of carbonyl (C=O) groups is 1. The van der Waals surface area contributed by atoms with Gasteiger partial charge in [-0.15, -0.1) is 12.4 Å². The number of likely N-dealkylation sites (N-methyl/N-ethyl adjacent to an activating group) is 1. The molecule has 0 heterocycles. The molecule has 1 rings (SSSR count). The van der Waals surface area contributed by atoms with Gasteiger partial charge in [0.25, 0.3) is 0 Å². The Morgan fingerprint density at radius 3 is 2.43 bits per heavy atom. The highest BCUT2D eigenvalue weighted by atomic mass is 35.5. The summed E-state index contributed by atoms with van der Waals surface area (Å²) < 4.78 is 5.81. The van der Waals surface area contributed by atoms with Crippen molar-refractivity contribution in [2.75, 3.05) is 31.6 Å². The highest BCUT2D eigenvalue weighted by molar-refractivity contribution is 5.93. The minimum absolute atomic E-state index is 0. The fraction of sp³-hybridized carbons (Fsp3) is 0.611. The molecule has 4 nitrogen and oxygen atoms in total. The predicted octanol–water partition coefficient (Wildman–Crippen LogP) is 4.35. The van der Waals surface area contributed by atoms with Crippen LogP contribution in [0.15, 0.2) is 24.3 Å². The summed E-state index contributed by atoms with van der Waals surface area (Å²) in [4.78, 5) is 14.2. The van der Waals surface area contributed by atoms with Gasteiger partial charge >= 0.3 is 0 Å². The van der Waals surface area contributed by atoms with Gasteiger partial charge in [0.1, 0.15) is 5.75 Å². The second kappa shape index (κ2) is 13.2. The number of nitrogens with one attached hydrogen (secondary N) is 1. The van der Waals surface area contributed by atoms with Crippen molar-refractivity contribution in [3.63, 3.8) is 0 Å². The van der Waals surface area contributed by atoms with E-state index in [1.54, 1.807) is 0 Å². The molecule has 0 bridgehead atoms. The molecular formula is C18H31ClN2O2. The summed E-state index contributed by atoms with van der Waals surface area (Å²) in [6.45, 7) is 9.18. The van der Waals surface area contributed by atoms with Gasteiger partial charge in [-0.05, 0) is 31.6 Å². The molecule has 0 unspecified atom stereocenters. The quantitative estimate of drug-likeness (QED) is 0.608. The predicted molar refractivity (Wildman–Crippen MR) is 99.7 cm³/mol. The maximum atomic E-state index is 12.1. The molecule has 0 atom stereocenters. The Labute approximate surface area is 147 Å².